The van der Waals surface area contributed by atoms with Gasteiger partial charge in [0.1, 0.15) is 0 Å². The molecular weight excluding hydrogens is 687 g/mol. The number of nitrogens with zero attached hydrogens (tertiary/aromatic N) is 1. The van der Waals surface area contributed by atoms with Crippen LogP contribution in [0.4, 0.5) is 17.1 Å². The standard InChI is InChI=1S/C48H29NS3/c1-2-11-31(12-3-1)34-15-8-16-36-37-17-9-19-41(48(37)52-47(34)36)49(40-18-10-22-45-46(40)38-14-5-7-21-43(38)51-45)33-26-23-30(24-27-33)32-25-28-44-39(29-32)35-13-4-6-20-42(35)50-44/h1-29H. The number of hydrogen-bond acceptors (Lipinski definition) is 4. The van der Waals surface area contributed by atoms with E-state index in [1.54, 1.807) is 0 Å². The Hall–Kier alpha value is -5.78. The van der Waals surface area contributed by atoms with Crippen LogP contribution in [0.5, 0.6) is 0 Å². The Balaban J connectivity index is 1.13. The zero-order valence-electron chi connectivity index (χ0n) is 27.9. The maximum Gasteiger partial charge on any atom is 0.0640 e. The Labute approximate surface area is 312 Å². The first-order chi connectivity index (χ1) is 25.8. The smallest absolute Gasteiger partial charge is 0.0640 e. The molecule has 244 valence electrons. The van der Waals surface area contributed by atoms with Gasteiger partial charge in [-0.3, -0.25) is 0 Å². The van der Waals surface area contributed by atoms with Crippen LogP contribution in [0.3, 0.4) is 0 Å². The van der Waals surface area contributed by atoms with E-state index in [1.165, 1.54) is 94.1 Å². The number of anilines is 3. The lowest BCUT2D eigenvalue weighted by Gasteiger charge is -2.27. The van der Waals surface area contributed by atoms with Crippen molar-refractivity contribution in [2.45, 2.75) is 0 Å². The lowest BCUT2D eigenvalue weighted by molar-refractivity contribution is 1.32. The summed E-state index contributed by atoms with van der Waals surface area (Å²) in [4.78, 5) is 2.50. The number of thiophene rings is 3. The molecule has 0 saturated heterocycles. The lowest BCUT2D eigenvalue weighted by Crippen LogP contribution is -2.10. The van der Waals surface area contributed by atoms with E-state index < -0.39 is 0 Å². The second kappa shape index (κ2) is 11.9. The van der Waals surface area contributed by atoms with Crippen molar-refractivity contribution in [3.8, 4) is 22.3 Å². The fourth-order valence-corrected chi connectivity index (χ4v) is 11.4. The van der Waals surface area contributed by atoms with Gasteiger partial charge in [0.05, 0.1) is 16.1 Å². The van der Waals surface area contributed by atoms with Gasteiger partial charge in [-0.2, -0.15) is 0 Å². The molecule has 8 aromatic carbocycles. The maximum atomic E-state index is 2.50. The van der Waals surface area contributed by atoms with Crippen molar-refractivity contribution >= 4 is 112 Å². The van der Waals surface area contributed by atoms with Crippen LogP contribution in [0.15, 0.2) is 176 Å². The monoisotopic (exact) mass is 715 g/mol. The zero-order valence-corrected chi connectivity index (χ0v) is 30.4. The van der Waals surface area contributed by atoms with Gasteiger partial charge in [0.15, 0.2) is 0 Å². The van der Waals surface area contributed by atoms with E-state index in [0.717, 1.165) is 5.69 Å². The molecule has 0 saturated carbocycles. The highest BCUT2D eigenvalue weighted by atomic mass is 32.1. The summed E-state index contributed by atoms with van der Waals surface area (Å²) in [5.74, 6) is 0. The molecule has 52 heavy (non-hydrogen) atoms. The predicted octanol–water partition coefficient (Wildman–Crippen LogP) is 15.6. The minimum absolute atomic E-state index is 1.14. The van der Waals surface area contributed by atoms with Crippen molar-refractivity contribution < 1.29 is 0 Å². The Kier molecular flexibility index (Phi) is 6.84. The number of fused-ring (bicyclic) bond motifs is 9. The molecule has 3 heterocycles. The summed E-state index contributed by atoms with van der Waals surface area (Å²) in [6.07, 6.45) is 0. The molecule has 11 rings (SSSR count). The number of hydrogen-bond donors (Lipinski definition) is 0. The highest BCUT2D eigenvalue weighted by molar-refractivity contribution is 7.27. The maximum absolute atomic E-state index is 2.50. The van der Waals surface area contributed by atoms with Gasteiger partial charge in [-0.05, 0) is 76.9 Å². The van der Waals surface area contributed by atoms with Crippen molar-refractivity contribution in [2.24, 2.45) is 0 Å². The Morgan fingerprint density at radius 1 is 0.327 bits per heavy atom. The van der Waals surface area contributed by atoms with E-state index in [4.69, 9.17) is 0 Å². The minimum Gasteiger partial charge on any atom is -0.308 e. The molecule has 3 aromatic heterocycles. The van der Waals surface area contributed by atoms with Crippen molar-refractivity contribution in [1.29, 1.82) is 0 Å². The van der Waals surface area contributed by atoms with Gasteiger partial charge >= 0.3 is 0 Å². The molecule has 4 heteroatoms. The first-order valence-corrected chi connectivity index (χ1v) is 20.0. The molecule has 0 bridgehead atoms. The van der Waals surface area contributed by atoms with Crippen molar-refractivity contribution in [2.75, 3.05) is 4.90 Å². The van der Waals surface area contributed by atoms with Crippen LogP contribution in [0.25, 0.3) is 82.8 Å². The van der Waals surface area contributed by atoms with Gasteiger partial charge < -0.3 is 4.90 Å². The topological polar surface area (TPSA) is 3.24 Å². The lowest BCUT2D eigenvalue weighted by atomic mass is 10.0. The molecule has 0 N–H and O–H groups in total. The van der Waals surface area contributed by atoms with Crippen LogP contribution >= 0.6 is 34.0 Å². The second-order valence-electron chi connectivity index (χ2n) is 13.2. The molecule has 0 aliphatic rings. The van der Waals surface area contributed by atoms with E-state index in [1.807, 2.05) is 34.0 Å². The fraction of sp³-hybridized carbons (Fsp3) is 0. The molecule has 0 radical (unpaired) electrons. The van der Waals surface area contributed by atoms with Gasteiger partial charge in [-0.15, -0.1) is 34.0 Å². The number of benzene rings is 8. The summed E-state index contributed by atoms with van der Waals surface area (Å²) in [5.41, 5.74) is 8.51. The highest BCUT2D eigenvalue weighted by Gasteiger charge is 2.22. The highest BCUT2D eigenvalue weighted by Crippen LogP contribution is 2.50. The first-order valence-electron chi connectivity index (χ1n) is 17.5. The fourth-order valence-electron chi connectivity index (χ4n) is 7.89. The molecule has 1 nitrogen and oxygen atoms in total. The Bertz CT molecular complexity index is 3130. The minimum atomic E-state index is 1.14. The summed E-state index contributed by atoms with van der Waals surface area (Å²) in [7, 11) is 0. The van der Waals surface area contributed by atoms with E-state index in [0.29, 0.717) is 0 Å². The van der Waals surface area contributed by atoms with Gasteiger partial charge in [0.25, 0.3) is 0 Å². The molecule has 0 aliphatic heterocycles. The average Bonchev–Trinajstić information content (AvgIpc) is 3.90. The summed E-state index contributed by atoms with van der Waals surface area (Å²) >= 11 is 5.64. The van der Waals surface area contributed by atoms with Gasteiger partial charge in [0.2, 0.25) is 0 Å². The summed E-state index contributed by atoms with van der Waals surface area (Å²) in [6, 6.07) is 64.8. The molecule has 0 spiro atoms. The molecule has 0 unspecified atom stereocenters. The third-order valence-electron chi connectivity index (χ3n) is 10.3. The largest absolute Gasteiger partial charge is 0.308 e. The zero-order chi connectivity index (χ0) is 34.2. The molecule has 0 amide bonds. The molecule has 11 aromatic rings. The van der Waals surface area contributed by atoms with Crippen LogP contribution in [-0.4, -0.2) is 0 Å². The van der Waals surface area contributed by atoms with E-state index in [2.05, 4.69) is 181 Å². The van der Waals surface area contributed by atoms with E-state index in [9.17, 15) is 0 Å². The van der Waals surface area contributed by atoms with E-state index >= 15 is 0 Å². The molecular formula is C48H29NS3. The average molecular weight is 716 g/mol. The first kappa shape index (κ1) is 29.9. The van der Waals surface area contributed by atoms with Gasteiger partial charge in [0, 0.05) is 61.5 Å². The molecule has 0 fully saturated rings. The Morgan fingerprint density at radius 2 is 0.923 bits per heavy atom. The van der Waals surface area contributed by atoms with Crippen LogP contribution in [-0.2, 0) is 0 Å². The summed E-state index contributed by atoms with van der Waals surface area (Å²) in [6.45, 7) is 0. The molecule has 0 aliphatic carbocycles. The van der Waals surface area contributed by atoms with Crippen molar-refractivity contribution in [3.63, 3.8) is 0 Å². The molecule has 0 atom stereocenters. The number of rotatable bonds is 5. The van der Waals surface area contributed by atoms with Crippen molar-refractivity contribution in [3.05, 3.63) is 176 Å². The van der Waals surface area contributed by atoms with E-state index in [-0.39, 0.29) is 0 Å². The summed E-state index contributed by atoms with van der Waals surface area (Å²) in [5, 5.41) is 7.83. The van der Waals surface area contributed by atoms with Gasteiger partial charge in [-0.25, -0.2) is 0 Å². The second-order valence-corrected chi connectivity index (χ2v) is 16.4. The van der Waals surface area contributed by atoms with Crippen LogP contribution in [0.2, 0.25) is 0 Å². The normalized spacial score (nSPS) is 11.8. The van der Waals surface area contributed by atoms with Crippen molar-refractivity contribution in [1.82, 2.24) is 0 Å². The summed E-state index contributed by atoms with van der Waals surface area (Å²) < 4.78 is 7.88. The third kappa shape index (κ3) is 4.65. The van der Waals surface area contributed by atoms with Gasteiger partial charge in [-0.1, -0.05) is 121 Å². The SMILES string of the molecule is c1ccc(-c2cccc3c2sc2c(N(c4ccc(-c5ccc6sc7ccccc7c6c5)cc4)c4cccc5sc6ccccc6c45)cccc23)cc1. The quantitative estimate of drug-likeness (QED) is 0.171. The van der Waals surface area contributed by atoms with Crippen LogP contribution < -0.4 is 4.90 Å². The Morgan fingerprint density at radius 3 is 1.77 bits per heavy atom. The van der Waals surface area contributed by atoms with Crippen LogP contribution in [0.1, 0.15) is 0 Å². The predicted molar refractivity (Wildman–Crippen MR) is 231 cm³/mol. The van der Waals surface area contributed by atoms with Crippen LogP contribution in [0, 0.1) is 0 Å². The third-order valence-corrected chi connectivity index (χ3v) is 13.9.